The molecule has 126 valence electrons. The van der Waals surface area contributed by atoms with E-state index in [2.05, 4.69) is 31.0 Å². The van der Waals surface area contributed by atoms with Crippen LogP contribution in [0.5, 0.6) is 0 Å². The van der Waals surface area contributed by atoms with E-state index in [1.807, 2.05) is 0 Å². The number of morpholine rings is 1. The Labute approximate surface area is 131 Å². The van der Waals surface area contributed by atoms with Crippen molar-refractivity contribution in [1.82, 2.24) is 10.2 Å². The summed E-state index contributed by atoms with van der Waals surface area (Å²) in [5.41, 5.74) is 0. The van der Waals surface area contributed by atoms with Crippen LogP contribution in [0.15, 0.2) is 0 Å². The number of rotatable bonds is 12. The highest BCUT2D eigenvalue weighted by atomic mass is 16.5. The molecule has 1 aliphatic heterocycles. The summed E-state index contributed by atoms with van der Waals surface area (Å²) in [4.78, 5) is 2.47. The van der Waals surface area contributed by atoms with E-state index in [-0.39, 0.29) is 0 Å². The first kappa shape index (κ1) is 18.9. The molecule has 1 fully saturated rings. The van der Waals surface area contributed by atoms with Crippen LogP contribution in [0.1, 0.15) is 46.5 Å². The summed E-state index contributed by atoms with van der Waals surface area (Å²) in [5.74, 6) is 0.786. The number of nitrogens with zero attached hydrogens (tertiary/aromatic N) is 1. The molecule has 0 aromatic rings. The second-order valence-corrected chi connectivity index (χ2v) is 6.50. The Hall–Kier alpha value is -0.160. The predicted octanol–water partition coefficient (Wildman–Crippen LogP) is 2.53. The minimum atomic E-state index is 0.344. The molecule has 1 aliphatic rings. The van der Waals surface area contributed by atoms with Crippen LogP contribution in [0.4, 0.5) is 0 Å². The predicted molar refractivity (Wildman–Crippen MR) is 88.8 cm³/mol. The van der Waals surface area contributed by atoms with Gasteiger partial charge < -0.3 is 14.8 Å². The van der Waals surface area contributed by atoms with Gasteiger partial charge in [0.05, 0.1) is 19.3 Å². The molecular formula is C17H36N2O2. The van der Waals surface area contributed by atoms with Gasteiger partial charge in [-0.05, 0) is 31.7 Å². The van der Waals surface area contributed by atoms with Gasteiger partial charge in [0, 0.05) is 32.8 Å². The Bertz CT molecular complexity index is 237. The topological polar surface area (TPSA) is 33.7 Å². The normalized spacial score (nSPS) is 20.3. The highest BCUT2D eigenvalue weighted by molar-refractivity contribution is 4.73. The molecule has 1 heterocycles. The maximum Gasteiger partial charge on any atom is 0.0826 e. The van der Waals surface area contributed by atoms with E-state index in [1.165, 1.54) is 25.7 Å². The van der Waals surface area contributed by atoms with E-state index in [1.54, 1.807) is 0 Å². The number of ether oxygens (including phenoxy) is 2. The highest BCUT2D eigenvalue weighted by Crippen LogP contribution is 2.05. The standard InChI is InChI=1S/C17H36N2O2/c1-4-5-8-18-14-17-15-19(10-13-21-17)9-12-20-11-6-7-16(2)3/h16-18H,4-15H2,1-3H3. The van der Waals surface area contributed by atoms with Gasteiger partial charge in [0.1, 0.15) is 0 Å². The monoisotopic (exact) mass is 300 g/mol. The van der Waals surface area contributed by atoms with Crippen LogP contribution in [0.2, 0.25) is 0 Å². The first-order valence-corrected chi connectivity index (χ1v) is 8.84. The summed E-state index contributed by atoms with van der Waals surface area (Å²) < 4.78 is 11.6. The molecule has 1 N–H and O–H groups in total. The molecule has 21 heavy (non-hydrogen) atoms. The van der Waals surface area contributed by atoms with Crippen molar-refractivity contribution in [3.8, 4) is 0 Å². The van der Waals surface area contributed by atoms with E-state index in [4.69, 9.17) is 9.47 Å². The van der Waals surface area contributed by atoms with Gasteiger partial charge in [0.15, 0.2) is 0 Å². The van der Waals surface area contributed by atoms with Gasteiger partial charge in [-0.15, -0.1) is 0 Å². The van der Waals surface area contributed by atoms with Crippen LogP contribution in [-0.4, -0.2) is 63.5 Å². The van der Waals surface area contributed by atoms with Gasteiger partial charge in [0.25, 0.3) is 0 Å². The summed E-state index contributed by atoms with van der Waals surface area (Å²) >= 11 is 0. The SMILES string of the molecule is CCCCNCC1CN(CCOCCCC(C)C)CCO1. The van der Waals surface area contributed by atoms with Crippen molar-refractivity contribution in [3.63, 3.8) is 0 Å². The molecule has 1 saturated heterocycles. The molecule has 0 amide bonds. The summed E-state index contributed by atoms with van der Waals surface area (Å²) in [7, 11) is 0. The van der Waals surface area contributed by atoms with Crippen molar-refractivity contribution in [2.45, 2.75) is 52.6 Å². The quantitative estimate of drug-likeness (QED) is 0.562. The molecule has 1 rings (SSSR count). The molecule has 4 nitrogen and oxygen atoms in total. The lowest BCUT2D eigenvalue weighted by molar-refractivity contribution is -0.0349. The largest absolute Gasteiger partial charge is 0.380 e. The molecule has 0 aliphatic carbocycles. The van der Waals surface area contributed by atoms with E-state index < -0.39 is 0 Å². The third-order valence-corrected chi connectivity index (χ3v) is 3.92. The van der Waals surface area contributed by atoms with Crippen molar-refractivity contribution in [3.05, 3.63) is 0 Å². The van der Waals surface area contributed by atoms with Crippen LogP contribution in [-0.2, 0) is 9.47 Å². The third-order valence-electron chi connectivity index (χ3n) is 3.92. The Morgan fingerprint density at radius 1 is 1.29 bits per heavy atom. The summed E-state index contributed by atoms with van der Waals surface area (Å²) in [5, 5.41) is 3.49. The first-order valence-electron chi connectivity index (χ1n) is 8.84. The summed E-state index contributed by atoms with van der Waals surface area (Å²) in [6, 6.07) is 0. The van der Waals surface area contributed by atoms with Gasteiger partial charge in [0.2, 0.25) is 0 Å². The zero-order valence-electron chi connectivity index (χ0n) is 14.4. The van der Waals surface area contributed by atoms with Crippen LogP contribution in [0, 0.1) is 5.92 Å². The molecule has 0 saturated carbocycles. The van der Waals surface area contributed by atoms with E-state index in [9.17, 15) is 0 Å². The Morgan fingerprint density at radius 2 is 2.14 bits per heavy atom. The average Bonchev–Trinajstić information content (AvgIpc) is 2.47. The third kappa shape index (κ3) is 10.2. The average molecular weight is 300 g/mol. The van der Waals surface area contributed by atoms with Crippen molar-refractivity contribution >= 4 is 0 Å². The molecule has 0 spiro atoms. The molecule has 0 aromatic carbocycles. The molecule has 1 unspecified atom stereocenters. The lowest BCUT2D eigenvalue weighted by Gasteiger charge is -2.33. The van der Waals surface area contributed by atoms with Crippen LogP contribution in [0.3, 0.4) is 0 Å². The van der Waals surface area contributed by atoms with Gasteiger partial charge in [-0.3, -0.25) is 4.90 Å². The smallest absolute Gasteiger partial charge is 0.0826 e. The molecular weight excluding hydrogens is 264 g/mol. The van der Waals surface area contributed by atoms with Gasteiger partial charge in [-0.25, -0.2) is 0 Å². The summed E-state index contributed by atoms with van der Waals surface area (Å²) in [6.45, 7) is 14.6. The van der Waals surface area contributed by atoms with Gasteiger partial charge in [-0.2, -0.15) is 0 Å². The maximum atomic E-state index is 5.81. The first-order chi connectivity index (χ1) is 10.2. The van der Waals surface area contributed by atoms with Gasteiger partial charge in [-0.1, -0.05) is 27.2 Å². The molecule has 0 aromatic heterocycles. The highest BCUT2D eigenvalue weighted by Gasteiger charge is 2.19. The Morgan fingerprint density at radius 3 is 2.90 bits per heavy atom. The van der Waals surface area contributed by atoms with Crippen molar-refractivity contribution < 1.29 is 9.47 Å². The van der Waals surface area contributed by atoms with Crippen LogP contribution >= 0.6 is 0 Å². The summed E-state index contributed by atoms with van der Waals surface area (Å²) in [6.07, 6.45) is 5.30. The molecule has 0 bridgehead atoms. The zero-order chi connectivity index (χ0) is 15.3. The number of hydrogen-bond donors (Lipinski definition) is 1. The second-order valence-electron chi connectivity index (χ2n) is 6.50. The number of hydrogen-bond acceptors (Lipinski definition) is 4. The Balaban J connectivity index is 1.99. The second kappa shape index (κ2) is 12.4. The number of unbranched alkanes of at least 4 members (excludes halogenated alkanes) is 1. The fraction of sp³-hybridized carbons (Fsp3) is 1.00. The minimum Gasteiger partial charge on any atom is -0.380 e. The van der Waals surface area contributed by atoms with E-state index in [0.29, 0.717) is 6.10 Å². The van der Waals surface area contributed by atoms with E-state index in [0.717, 1.165) is 58.5 Å². The Kier molecular flexibility index (Phi) is 11.1. The lowest BCUT2D eigenvalue weighted by atomic mass is 10.1. The maximum absolute atomic E-state index is 5.81. The van der Waals surface area contributed by atoms with E-state index >= 15 is 0 Å². The van der Waals surface area contributed by atoms with Crippen LogP contribution in [0.25, 0.3) is 0 Å². The molecule has 4 heteroatoms. The number of nitrogens with one attached hydrogen (secondary N) is 1. The molecule has 0 radical (unpaired) electrons. The van der Waals surface area contributed by atoms with Crippen LogP contribution < -0.4 is 5.32 Å². The fourth-order valence-electron chi connectivity index (χ4n) is 2.56. The zero-order valence-corrected chi connectivity index (χ0v) is 14.4. The fourth-order valence-corrected chi connectivity index (χ4v) is 2.56. The van der Waals surface area contributed by atoms with Crippen molar-refractivity contribution in [2.24, 2.45) is 5.92 Å². The van der Waals surface area contributed by atoms with Crippen molar-refractivity contribution in [2.75, 3.05) is 52.5 Å². The molecule has 1 atom stereocenters. The van der Waals surface area contributed by atoms with Gasteiger partial charge >= 0.3 is 0 Å². The van der Waals surface area contributed by atoms with Crippen molar-refractivity contribution in [1.29, 1.82) is 0 Å². The minimum absolute atomic E-state index is 0.344. The lowest BCUT2D eigenvalue weighted by Crippen LogP contribution is -2.47.